The summed E-state index contributed by atoms with van der Waals surface area (Å²) in [6.07, 6.45) is -30.5. The van der Waals surface area contributed by atoms with E-state index in [9.17, 15) is 115 Å². The Morgan fingerprint density at radius 2 is 0.538 bits per heavy atom. The fourth-order valence-electron chi connectivity index (χ4n) is 10.5. The summed E-state index contributed by atoms with van der Waals surface area (Å²) in [4.78, 5) is 24.8. The summed E-state index contributed by atoms with van der Waals surface area (Å²) in [5.74, 6) is 0.277. The van der Waals surface area contributed by atoms with Gasteiger partial charge in [-0.1, -0.05) is 176 Å². The SMILES string of the molecule is CCCCCCCCCCCCCCCCCC(=O)c1cc[n+](CC(=O)c2ccccc2)cc1.FC(F)(F)c1cc([B-](c2cc(C(F)(F)F)cc(C(F)(F)F)c2)(c2cc(C(F)(F)F)cc(C(F)(F)F)c2)c2cc(C(F)(F)F)cc(C(F)(F)F)c2)cc(C(F)(F)F)c1. The zero-order chi connectivity index (χ0) is 68.2. The lowest BCUT2D eigenvalue weighted by Crippen LogP contribution is -2.75. The lowest BCUT2D eigenvalue weighted by molar-refractivity contribution is -0.683. The van der Waals surface area contributed by atoms with E-state index in [1.54, 1.807) is 0 Å². The minimum Gasteiger partial charge on any atom is -0.294 e. The molecule has 6 rings (SSSR count). The van der Waals surface area contributed by atoms with E-state index >= 15 is 0 Å². The second kappa shape index (κ2) is 30.2. The van der Waals surface area contributed by atoms with Crippen LogP contribution in [-0.2, 0) is 56.0 Å². The smallest absolute Gasteiger partial charge is 0.294 e. The van der Waals surface area contributed by atoms with Gasteiger partial charge in [0.05, 0.1) is 44.5 Å². The molecule has 0 amide bonds. The van der Waals surface area contributed by atoms with Gasteiger partial charge < -0.3 is 0 Å². The van der Waals surface area contributed by atoms with Gasteiger partial charge in [0.2, 0.25) is 12.3 Å². The summed E-state index contributed by atoms with van der Waals surface area (Å²) in [6.45, 7) is 2.57. The summed E-state index contributed by atoms with van der Waals surface area (Å²) >= 11 is 0. The van der Waals surface area contributed by atoms with Gasteiger partial charge in [-0.15, -0.1) is 0 Å². The van der Waals surface area contributed by atoms with Gasteiger partial charge in [0, 0.05) is 29.7 Å². The van der Waals surface area contributed by atoms with E-state index in [0.717, 1.165) is 18.4 Å². The lowest BCUT2D eigenvalue weighted by atomic mass is 9.12. The van der Waals surface area contributed by atoms with E-state index in [1.165, 1.54) is 83.5 Å². The van der Waals surface area contributed by atoms with Gasteiger partial charge in [0.25, 0.3) is 0 Å². The number of nitrogens with zero attached hydrogens (tertiary/aromatic N) is 1. The quantitative estimate of drug-likeness (QED) is 0.0199. The Kier molecular flexibility index (Phi) is 24.8. The standard InChI is InChI=1S/C32H12BF24.C31H46NO2/c34-25(35,36)13-1-14(26(37,38)39)6-21(5-13)33(22-7-15(27(40,41)42)2-16(8-22)28(43,44)45,23-9-17(29(46,47)48)3-18(10-23)30(49,50)51)24-11-19(31(52,53)54)4-20(12-24)32(55,56)57;1-2-3-4-5-6-7-8-9-10-11-12-13-14-15-19-22-30(33)29-23-25-32(26-24-29)27-31(34)28-20-17-16-18-21-28/h1-12H;16-18,20-21,23-26H,2-15,19,22,27H2,1H3/q-1;+1. The number of benzene rings is 5. The number of rotatable bonds is 24. The van der Waals surface area contributed by atoms with Crippen LogP contribution in [0.4, 0.5) is 105 Å². The number of alkyl halides is 24. The van der Waals surface area contributed by atoms with Gasteiger partial charge in [-0.3, -0.25) is 9.59 Å². The minimum atomic E-state index is -6.13. The lowest BCUT2D eigenvalue weighted by Gasteiger charge is -2.46. The van der Waals surface area contributed by atoms with Crippen molar-refractivity contribution in [3.05, 3.63) is 183 Å². The van der Waals surface area contributed by atoms with E-state index in [0.29, 0.717) is 12.0 Å². The van der Waals surface area contributed by atoms with Crippen LogP contribution in [0, 0.1) is 0 Å². The van der Waals surface area contributed by atoms with Crippen molar-refractivity contribution in [1.29, 1.82) is 0 Å². The number of ketones is 2. The fraction of sp³-hybridized carbons (Fsp3) is 0.413. The number of unbranched alkanes of at least 4 members (excludes halogenated alkanes) is 14. The first kappa shape index (κ1) is 74.7. The largest absolute Gasteiger partial charge is 0.416 e. The van der Waals surface area contributed by atoms with E-state index < -0.39 is 195 Å². The molecule has 6 aromatic rings. The average molecular weight is 1330 g/mol. The van der Waals surface area contributed by atoms with Crippen molar-refractivity contribution in [2.24, 2.45) is 0 Å². The summed E-state index contributed by atoms with van der Waals surface area (Å²) < 4.78 is 343. The van der Waals surface area contributed by atoms with Crippen LogP contribution in [0.5, 0.6) is 0 Å². The second-order valence-corrected chi connectivity index (χ2v) is 21.9. The van der Waals surface area contributed by atoms with E-state index in [4.69, 9.17) is 0 Å². The first-order valence-electron chi connectivity index (χ1n) is 28.4. The summed E-state index contributed by atoms with van der Waals surface area (Å²) in [5, 5.41) is 0. The zero-order valence-electron chi connectivity index (χ0n) is 48.1. The van der Waals surface area contributed by atoms with Gasteiger partial charge in [-0.25, -0.2) is 0 Å². The molecule has 0 spiro atoms. The Balaban J connectivity index is 0.000000377. The van der Waals surface area contributed by atoms with Crippen LogP contribution in [0.3, 0.4) is 0 Å². The van der Waals surface area contributed by atoms with E-state index in [1.807, 2.05) is 59.4 Å². The monoisotopic (exact) mass is 1330 g/mol. The molecular formula is C63H58BF24NO2. The van der Waals surface area contributed by atoms with Crippen LogP contribution in [-0.4, -0.2) is 17.7 Å². The molecule has 0 saturated carbocycles. The number of pyridine rings is 1. The Morgan fingerprint density at radius 3 is 0.780 bits per heavy atom. The van der Waals surface area contributed by atoms with Gasteiger partial charge >= 0.3 is 49.4 Å². The van der Waals surface area contributed by atoms with Crippen LogP contribution < -0.4 is 26.4 Å². The molecule has 1 aromatic heterocycles. The molecule has 0 fully saturated rings. The highest BCUT2D eigenvalue weighted by molar-refractivity contribution is 7.20. The number of hydrogen-bond acceptors (Lipinski definition) is 2. The third kappa shape index (κ3) is 21.3. The Hall–Kier alpha value is -7.03. The molecule has 0 aliphatic carbocycles. The number of hydrogen-bond donors (Lipinski definition) is 0. The molecule has 498 valence electrons. The van der Waals surface area contributed by atoms with Crippen molar-refractivity contribution >= 4 is 39.6 Å². The number of halogens is 24. The average Bonchev–Trinajstić information content (AvgIpc) is 0.715. The van der Waals surface area contributed by atoms with Gasteiger partial charge in [-0.2, -0.15) is 132 Å². The van der Waals surface area contributed by atoms with E-state index in [-0.39, 0.29) is 18.1 Å². The highest BCUT2D eigenvalue weighted by Crippen LogP contribution is 2.42. The molecule has 1 heterocycles. The molecule has 0 atom stereocenters. The van der Waals surface area contributed by atoms with E-state index in [2.05, 4.69) is 6.92 Å². The Morgan fingerprint density at radius 1 is 0.308 bits per heavy atom. The Bertz CT molecular complexity index is 2920. The molecule has 0 bridgehead atoms. The van der Waals surface area contributed by atoms with Crippen LogP contribution in [0.1, 0.15) is 175 Å². The molecular weight excluding hydrogens is 1270 g/mol. The van der Waals surface area contributed by atoms with Crippen molar-refractivity contribution in [3.63, 3.8) is 0 Å². The van der Waals surface area contributed by atoms with Gasteiger partial charge in [-0.05, 0) is 30.7 Å². The topological polar surface area (TPSA) is 38.0 Å². The molecule has 3 nitrogen and oxygen atoms in total. The summed E-state index contributed by atoms with van der Waals surface area (Å²) in [7, 11) is 0. The maximum atomic E-state index is 14.2. The number of Topliss-reactive ketones (excluding diaryl/α,β-unsaturated/α-hetero) is 2. The number of carbonyl (C=O) groups is 2. The minimum absolute atomic E-state index is 0.0717. The molecule has 0 unspecified atom stereocenters. The molecule has 0 aliphatic heterocycles. The Labute approximate surface area is 506 Å². The molecule has 0 radical (unpaired) electrons. The normalized spacial score (nSPS) is 13.1. The first-order valence-corrected chi connectivity index (χ1v) is 28.4. The molecule has 0 saturated heterocycles. The predicted molar refractivity (Wildman–Crippen MR) is 291 cm³/mol. The molecule has 0 aliphatic rings. The molecule has 28 heteroatoms. The zero-order valence-corrected chi connectivity index (χ0v) is 48.1. The highest BCUT2D eigenvalue weighted by Gasteiger charge is 2.47. The fourth-order valence-corrected chi connectivity index (χ4v) is 10.5. The third-order valence-electron chi connectivity index (χ3n) is 15.1. The van der Waals surface area contributed by atoms with Crippen LogP contribution in [0.25, 0.3) is 0 Å². The van der Waals surface area contributed by atoms with Crippen molar-refractivity contribution in [1.82, 2.24) is 0 Å². The van der Waals surface area contributed by atoms with Crippen LogP contribution in [0.15, 0.2) is 128 Å². The van der Waals surface area contributed by atoms with Crippen LogP contribution >= 0.6 is 0 Å². The molecule has 0 N–H and O–H groups in total. The van der Waals surface area contributed by atoms with Crippen molar-refractivity contribution < 1.29 is 120 Å². The van der Waals surface area contributed by atoms with Crippen molar-refractivity contribution in [2.75, 3.05) is 0 Å². The highest BCUT2D eigenvalue weighted by atomic mass is 19.4. The second-order valence-electron chi connectivity index (χ2n) is 21.9. The third-order valence-corrected chi connectivity index (χ3v) is 15.1. The maximum absolute atomic E-state index is 14.2. The van der Waals surface area contributed by atoms with Crippen molar-refractivity contribution in [3.8, 4) is 0 Å². The predicted octanol–water partition coefficient (Wildman–Crippen LogP) is 19.5. The first-order chi connectivity index (χ1) is 42.0. The maximum Gasteiger partial charge on any atom is 0.416 e. The van der Waals surface area contributed by atoms with Crippen molar-refractivity contribution in [2.45, 2.75) is 166 Å². The molecule has 91 heavy (non-hydrogen) atoms. The summed E-state index contributed by atoms with van der Waals surface area (Å²) in [6, 6.07) is 4.18. The summed E-state index contributed by atoms with van der Waals surface area (Å²) in [5.41, 5.74) is -28.7. The van der Waals surface area contributed by atoms with Gasteiger partial charge in [0.1, 0.15) is 6.15 Å². The van der Waals surface area contributed by atoms with Crippen LogP contribution in [0.2, 0.25) is 0 Å². The number of carbonyl (C=O) groups excluding carboxylic acids is 2. The molecule has 5 aromatic carbocycles. The van der Waals surface area contributed by atoms with Gasteiger partial charge in [0.15, 0.2) is 18.2 Å². The number of aromatic nitrogens is 1.